The number of hydrogen-bond acceptors (Lipinski definition) is 6. The molecule has 0 aliphatic rings. The van der Waals surface area contributed by atoms with E-state index in [1.54, 1.807) is 39.0 Å². The number of rotatable bonds is 9. The molecule has 3 amide bonds. The lowest BCUT2D eigenvalue weighted by Crippen LogP contribution is -2.52. The van der Waals surface area contributed by atoms with Crippen molar-refractivity contribution in [3.05, 3.63) is 35.4 Å². The van der Waals surface area contributed by atoms with Crippen molar-refractivity contribution in [3.8, 4) is 12.5 Å². The van der Waals surface area contributed by atoms with Crippen LogP contribution < -0.4 is 10.6 Å². The van der Waals surface area contributed by atoms with Crippen LogP contribution in [0.1, 0.15) is 58.2 Å². The van der Waals surface area contributed by atoms with Crippen molar-refractivity contribution in [3.63, 3.8) is 0 Å². The predicted molar refractivity (Wildman–Crippen MR) is 127 cm³/mol. The molecule has 0 aromatic heterocycles. The standard InChI is InChI=1S/C25H35N3O6/c1-9-28(23(31)19(13-16(2)3)27-24(32)34-25(5,6)7)21(18-12-10-11-17(4)14-18)22(30)26-15-20(29)33-8/h1,10-12,14,16,19,21H,13,15H2,2-8H3,(H,26,30)(H,27,32). The highest BCUT2D eigenvalue weighted by molar-refractivity contribution is 5.94. The molecule has 34 heavy (non-hydrogen) atoms. The minimum Gasteiger partial charge on any atom is -0.468 e. The van der Waals surface area contributed by atoms with Crippen LogP contribution in [-0.4, -0.2) is 54.1 Å². The van der Waals surface area contributed by atoms with Gasteiger partial charge in [-0.05, 0) is 45.6 Å². The molecule has 0 aliphatic carbocycles. The van der Waals surface area contributed by atoms with Crippen molar-refractivity contribution in [1.29, 1.82) is 0 Å². The van der Waals surface area contributed by atoms with Gasteiger partial charge in [0.2, 0.25) is 5.91 Å². The number of benzene rings is 1. The van der Waals surface area contributed by atoms with E-state index in [1.165, 1.54) is 7.11 Å². The predicted octanol–water partition coefficient (Wildman–Crippen LogP) is 2.68. The average molecular weight is 474 g/mol. The van der Waals surface area contributed by atoms with Crippen molar-refractivity contribution in [2.45, 2.75) is 65.6 Å². The largest absolute Gasteiger partial charge is 0.468 e. The molecule has 0 saturated carbocycles. The second kappa shape index (κ2) is 12.6. The maximum Gasteiger partial charge on any atom is 0.408 e. The zero-order chi connectivity index (χ0) is 26.1. The Kier molecular flexibility index (Phi) is 10.6. The zero-order valence-electron chi connectivity index (χ0n) is 20.9. The number of amides is 3. The topological polar surface area (TPSA) is 114 Å². The van der Waals surface area contributed by atoms with Crippen molar-refractivity contribution in [1.82, 2.24) is 15.5 Å². The van der Waals surface area contributed by atoms with Gasteiger partial charge in [0, 0.05) is 6.04 Å². The zero-order valence-corrected chi connectivity index (χ0v) is 20.9. The minimum absolute atomic E-state index is 0.0223. The second-order valence-corrected chi connectivity index (χ2v) is 9.28. The highest BCUT2D eigenvalue weighted by Gasteiger charge is 2.36. The number of ether oxygens (including phenoxy) is 2. The van der Waals surface area contributed by atoms with Gasteiger partial charge in [-0.2, -0.15) is 0 Å². The normalized spacial score (nSPS) is 12.7. The summed E-state index contributed by atoms with van der Waals surface area (Å²) < 4.78 is 9.86. The molecule has 9 nitrogen and oxygen atoms in total. The van der Waals surface area contributed by atoms with Crippen LogP contribution in [0.4, 0.5) is 4.79 Å². The van der Waals surface area contributed by atoms with Crippen molar-refractivity contribution in [2.75, 3.05) is 13.7 Å². The van der Waals surface area contributed by atoms with Gasteiger partial charge in [0.15, 0.2) is 0 Å². The Morgan fingerprint density at radius 2 is 1.82 bits per heavy atom. The molecule has 2 atom stereocenters. The molecular weight excluding hydrogens is 438 g/mol. The molecule has 1 aromatic rings. The number of nitrogens with one attached hydrogen (secondary N) is 2. The van der Waals surface area contributed by atoms with Gasteiger partial charge in [-0.1, -0.05) is 50.1 Å². The number of carbonyl (C=O) groups excluding carboxylic acids is 4. The van der Waals surface area contributed by atoms with E-state index in [4.69, 9.17) is 11.2 Å². The molecule has 9 heteroatoms. The molecule has 0 saturated heterocycles. The van der Waals surface area contributed by atoms with E-state index in [-0.39, 0.29) is 12.3 Å². The second-order valence-electron chi connectivity index (χ2n) is 9.28. The average Bonchev–Trinajstić information content (AvgIpc) is 2.72. The quantitative estimate of drug-likeness (QED) is 0.324. The van der Waals surface area contributed by atoms with E-state index < -0.39 is 48.1 Å². The van der Waals surface area contributed by atoms with Crippen molar-refractivity contribution >= 4 is 23.9 Å². The summed E-state index contributed by atoms with van der Waals surface area (Å²) in [7, 11) is 1.20. The van der Waals surface area contributed by atoms with Gasteiger partial charge in [-0.25, -0.2) is 4.79 Å². The molecule has 2 unspecified atom stereocenters. The molecule has 0 spiro atoms. The number of esters is 1. The van der Waals surface area contributed by atoms with E-state index in [0.717, 1.165) is 10.5 Å². The first-order valence-electron chi connectivity index (χ1n) is 11.0. The molecule has 0 radical (unpaired) electrons. The summed E-state index contributed by atoms with van der Waals surface area (Å²) >= 11 is 0. The Labute approximate surface area is 201 Å². The Morgan fingerprint density at radius 1 is 1.18 bits per heavy atom. The Bertz CT molecular complexity index is 929. The van der Waals surface area contributed by atoms with E-state index in [0.29, 0.717) is 5.56 Å². The number of hydrogen-bond donors (Lipinski definition) is 2. The number of nitrogens with zero attached hydrogens (tertiary/aromatic N) is 1. The fourth-order valence-electron chi connectivity index (χ4n) is 3.16. The van der Waals surface area contributed by atoms with Crippen LogP contribution in [0.5, 0.6) is 0 Å². The number of carbonyl (C=O) groups is 4. The van der Waals surface area contributed by atoms with Crippen molar-refractivity contribution < 1.29 is 28.7 Å². The molecule has 0 fully saturated rings. The molecule has 1 rings (SSSR count). The molecular formula is C25H35N3O6. The van der Waals surface area contributed by atoms with Gasteiger partial charge in [0.25, 0.3) is 5.91 Å². The third-order valence-corrected chi connectivity index (χ3v) is 4.57. The van der Waals surface area contributed by atoms with Crippen LogP contribution >= 0.6 is 0 Å². The van der Waals surface area contributed by atoms with Crippen LogP contribution in [0.2, 0.25) is 0 Å². The Hall–Kier alpha value is -3.54. The lowest BCUT2D eigenvalue weighted by Gasteiger charge is -2.31. The first-order chi connectivity index (χ1) is 15.8. The van der Waals surface area contributed by atoms with Gasteiger partial charge in [-0.15, -0.1) is 0 Å². The molecule has 1 aromatic carbocycles. The number of alkyl carbamates (subject to hydrolysis) is 1. The third kappa shape index (κ3) is 9.14. The van der Waals surface area contributed by atoms with E-state index >= 15 is 0 Å². The van der Waals surface area contributed by atoms with Crippen molar-refractivity contribution in [2.24, 2.45) is 5.92 Å². The number of terminal acetylenes is 1. The van der Waals surface area contributed by atoms with Gasteiger partial charge in [0.1, 0.15) is 24.2 Å². The van der Waals surface area contributed by atoms with Crippen LogP contribution in [-0.2, 0) is 23.9 Å². The first-order valence-corrected chi connectivity index (χ1v) is 11.0. The SMILES string of the molecule is C#CN(C(=O)C(CC(C)C)NC(=O)OC(C)(C)C)C(C(=O)NCC(=O)OC)c1cccc(C)c1. The Balaban J connectivity index is 3.35. The maximum atomic E-state index is 13.6. The van der Waals surface area contributed by atoms with Crippen LogP contribution in [0.3, 0.4) is 0 Å². The van der Waals surface area contributed by atoms with E-state index in [2.05, 4.69) is 21.4 Å². The fourth-order valence-corrected chi connectivity index (χ4v) is 3.16. The molecule has 2 N–H and O–H groups in total. The highest BCUT2D eigenvalue weighted by Crippen LogP contribution is 2.24. The molecule has 0 bridgehead atoms. The summed E-state index contributed by atoms with van der Waals surface area (Å²) in [4.78, 5) is 51.6. The summed E-state index contributed by atoms with van der Waals surface area (Å²) in [6, 6.07) is 6.96. The third-order valence-electron chi connectivity index (χ3n) is 4.57. The number of methoxy groups -OCH3 is 1. The van der Waals surface area contributed by atoms with Crippen LogP contribution in [0.25, 0.3) is 0 Å². The minimum atomic E-state index is -1.24. The summed E-state index contributed by atoms with van der Waals surface area (Å²) in [6.07, 6.45) is 5.20. The lowest BCUT2D eigenvalue weighted by atomic mass is 9.99. The highest BCUT2D eigenvalue weighted by atomic mass is 16.6. The van der Waals surface area contributed by atoms with Gasteiger partial charge in [0.05, 0.1) is 7.11 Å². The van der Waals surface area contributed by atoms with Crippen LogP contribution in [0, 0.1) is 25.3 Å². The summed E-state index contributed by atoms with van der Waals surface area (Å²) in [5.41, 5.74) is 0.534. The fraction of sp³-hybridized carbons (Fsp3) is 0.520. The van der Waals surface area contributed by atoms with Gasteiger partial charge >= 0.3 is 12.1 Å². The van der Waals surface area contributed by atoms with Crippen LogP contribution in [0.15, 0.2) is 24.3 Å². The summed E-state index contributed by atoms with van der Waals surface area (Å²) in [5.74, 6) is -1.95. The Morgan fingerprint density at radius 3 is 2.32 bits per heavy atom. The first kappa shape index (κ1) is 28.5. The van der Waals surface area contributed by atoms with E-state index in [9.17, 15) is 19.2 Å². The lowest BCUT2D eigenvalue weighted by molar-refractivity contribution is -0.143. The van der Waals surface area contributed by atoms with Gasteiger partial charge in [-0.3, -0.25) is 19.3 Å². The summed E-state index contributed by atoms with van der Waals surface area (Å²) in [5, 5.41) is 5.04. The maximum absolute atomic E-state index is 13.6. The smallest absolute Gasteiger partial charge is 0.408 e. The summed E-state index contributed by atoms with van der Waals surface area (Å²) in [6.45, 7) is 10.3. The number of aryl methyl sites for hydroxylation is 1. The monoisotopic (exact) mass is 473 g/mol. The van der Waals surface area contributed by atoms with E-state index in [1.807, 2.05) is 26.8 Å². The molecule has 0 heterocycles. The van der Waals surface area contributed by atoms with Gasteiger partial charge < -0.3 is 20.1 Å². The molecule has 0 aliphatic heterocycles. The molecule has 186 valence electrons.